The van der Waals surface area contributed by atoms with Crippen molar-refractivity contribution in [2.75, 3.05) is 31.1 Å². The van der Waals surface area contributed by atoms with E-state index in [0.717, 1.165) is 11.3 Å². The molecule has 1 aliphatic rings. The fourth-order valence-electron chi connectivity index (χ4n) is 3.55. The maximum Gasteiger partial charge on any atom is 0.243 e. The molecule has 6 nitrogen and oxygen atoms in total. The van der Waals surface area contributed by atoms with E-state index in [1.807, 2.05) is 18.7 Å². The van der Waals surface area contributed by atoms with Gasteiger partial charge in [0.2, 0.25) is 15.9 Å². The first-order valence-corrected chi connectivity index (χ1v) is 11.2. The van der Waals surface area contributed by atoms with Crippen LogP contribution in [0.15, 0.2) is 47.4 Å². The molecule has 0 aliphatic carbocycles. The molecule has 0 spiro atoms. The van der Waals surface area contributed by atoms with Crippen LogP contribution in [0.5, 0.6) is 0 Å². The summed E-state index contributed by atoms with van der Waals surface area (Å²) in [5, 5.41) is 2.74. The second kappa shape index (κ2) is 8.92. The molecule has 8 heteroatoms. The number of hydrogen-bond donors (Lipinski definition) is 1. The Kier molecular flexibility index (Phi) is 6.54. The number of nitrogens with one attached hydrogen (secondary N) is 1. The molecule has 0 bridgehead atoms. The first-order chi connectivity index (χ1) is 13.9. The number of benzene rings is 2. The normalized spacial score (nSPS) is 13.6. The third-order valence-corrected chi connectivity index (χ3v) is 7.20. The van der Waals surface area contributed by atoms with E-state index in [4.69, 9.17) is 0 Å². The molecule has 0 aromatic heterocycles. The van der Waals surface area contributed by atoms with Gasteiger partial charge in [-0.3, -0.25) is 4.79 Å². The van der Waals surface area contributed by atoms with Gasteiger partial charge in [-0.25, -0.2) is 12.8 Å². The van der Waals surface area contributed by atoms with E-state index in [-0.39, 0.29) is 29.7 Å². The van der Waals surface area contributed by atoms with Crippen LogP contribution >= 0.6 is 0 Å². The van der Waals surface area contributed by atoms with Gasteiger partial charge in [-0.2, -0.15) is 4.31 Å². The number of nitrogens with zero attached hydrogens (tertiary/aromatic N) is 2. The van der Waals surface area contributed by atoms with Crippen molar-refractivity contribution in [3.05, 3.63) is 59.4 Å². The van der Waals surface area contributed by atoms with E-state index in [1.165, 1.54) is 10.4 Å². The smallest absolute Gasteiger partial charge is 0.243 e. The fraction of sp³-hybridized carbons (Fsp3) is 0.381. The van der Waals surface area contributed by atoms with Gasteiger partial charge in [-0.05, 0) is 36.2 Å². The second-order valence-corrected chi connectivity index (χ2v) is 8.86. The molecule has 1 aliphatic heterocycles. The van der Waals surface area contributed by atoms with Crippen LogP contribution in [-0.4, -0.2) is 44.8 Å². The minimum absolute atomic E-state index is 0.132. The van der Waals surface area contributed by atoms with E-state index in [0.29, 0.717) is 31.6 Å². The summed E-state index contributed by atoms with van der Waals surface area (Å²) >= 11 is 0. The van der Waals surface area contributed by atoms with Crippen LogP contribution in [0.1, 0.15) is 25.0 Å². The first kappa shape index (κ1) is 21.3. The van der Waals surface area contributed by atoms with Crippen LogP contribution in [0.2, 0.25) is 0 Å². The van der Waals surface area contributed by atoms with Crippen LogP contribution in [0.4, 0.5) is 10.1 Å². The highest BCUT2D eigenvalue weighted by atomic mass is 32.2. The van der Waals surface area contributed by atoms with Gasteiger partial charge in [0.15, 0.2) is 0 Å². The van der Waals surface area contributed by atoms with E-state index in [1.54, 1.807) is 36.4 Å². The van der Waals surface area contributed by atoms with Crippen molar-refractivity contribution in [2.24, 2.45) is 0 Å². The maximum absolute atomic E-state index is 13.7. The Morgan fingerprint density at radius 3 is 2.59 bits per heavy atom. The number of carbonyl (C=O) groups excluding carboxylic acids is 1. The monoisotopic (exact) mass is 419 g/mol. The molecule has 1 heterocycles. The summed E-state index contributed by atoms with van der Waals surface area (Å²) in [7, 11) is -3.51. The molecule has 0 unspecified atom stereocenters. The predicted octanol–water partition coefficient (Wildman–Crippen LogP) is 2.54. The number of carbonyl (C=O) groups is 1. The number of rotatable bonds is 8. The van der Waals surface area contributed by atoms with Crippen molar-refractivity contribution >= 4 is 21.6 Å². The van der Waals surface area contributed by atoms with Crippen molar-refractivity contribution in [1.82, 2.24) is 9.62 Å². The SMILES string of the molecule is CCN(CC)S(=O)(=O)c1ccc2c(c1)CCN2CC(=O)NCc1ccccc1F. The topological polar surface area (TPSA) is 69.7 Å². The maximum atomic E-state index is 13.7. The highest BCUT2D eigenvalue weighted by Gasteiger charge is 2.26. The molecule has 29 heavy (non-hydrogen) atoms. The zero-order valence-corrected chi connectivity index (χ0v) is 17.5. The molecule has 0 saturated heterocycles. The number of halogens is 1. The lowest BCUT2D eigenvalue weighted by atomic mass is 10.2. The number of hydrogen-bond acceptors (Lipinski definition) is 4. The highest BCUT2D eigenvalue weighted by Crippen LogP contribution is 2.30. The molecule has 2 aromatic carbocycles. The Morgan fingerprint density at radius 2 is 1.90 bits per heavy atom. The van der Waals surface area contributed by atoms with Crippen molar-refractivity contribution in [3.63, 3.8) is 0 Å². The lowest BCUT2D eigenvalue weighted by Crippen LogP contribution is -2.36. The molecule has 1 N–H and O–H groups in total. The summed E-state index contributed by atoms with van der Waals surface area (Å²) < 4.78 is 40.5. The Bertz CT molecular complexity index is 990. The largest absolute Gasteiger partial charge is 0.362 e. The lowest BCUT2D eigenvalue weighted by molar-refractivity contribution is -0.119. The van der Waals surface area contributed by atoms with Gasteiger partial charge in [0.05, 0.1) is 11.4 Å². The van der Waals surface area contributed by atoms with Gasteiger partial charge >= 0.3 is 0 Å². The van der Waals surface area contributed by atoms with Gasteiger partial charge in [-0.15, -0.1) is 0 Å². The molecule has 1 amide bonds. The Labute approximate surface area is 171 Å². The van der Waals surface area contributed by atoms with Crippen molar-refractivity contribution in [2.45, 2.75) is 31.7 Å². The highest BCUT2D eigenvalue weighted by molar-refractivity contribution is 7.89. The van der Waals surface area contributed by atoms with Crippen LogP contribution < -0.4 is 10.2 Å². The molecule has 156 valence electrons. The third-order valence-electron chi connectivity index (χ3n) is 5.15. The van der Waals surface area contributed by atoms with Gasteiger partial charge in [0.1, 0.15) is 5.82 Å². The molecule has 0 radical (unpaired) electrons. The molecule has 0 atom stereocenters. The minimum atomic E-state index is -3.51. The summed E-state index contributed by atoms with van der Waals surface area (Å²) in [5.41, 5.74) is 2.22. The quantitative estimate of drug-likeness (QED) is 0.714. The molecule has 2 aromatic rings. The molecule has 0 saturated carbocycles. The Hall–Kier alpha value is -2.45. The lowest BCUT2D eigenvalue weighted by Gasteiger charge is -2.21. The average molecular weight is 420 g/mol. The zero-order chi connectivity index (χ0) is 21.0. The third kappa shape index (κ3) is 4.59. The summed E-state index contributed by atoms with van der Waals surface area (Å²) in [4.78, 5) is 14.5. The Morgan fingerprint density at radius 1 is 1.17 bits per heavy atom. The van der Waals surface area contributed by atoms with E-state index >= 15 is 0 Å². The van der Waals surface area contributed by atoms with Crippen molar-refractivity contribution in [3.8, 4) is 0 Å². The molecular formula is C21H26FN3O3S. The second-order valence-electron chi connectivity index (χ2n) is 6.92. The number of anilines is 1. The van der Waals surface area contributed by atoms with Crippen LogP contribution in [0, 0.1) is 5.82 Å². The number of amides is 1. The summed E-state index contributed by atoms with van der Waals surface area (Å²) in [5.74, 6) is -0.554. The standard InChI is InChI=1S/C21H26FN3O3S/c1-3-25(4-2)29(27,28)18-9-10-20-16(13-18)11-12-24(20)15-21(26)23-14-17-7-5-6-8-19(17)22/h5-10,13H,3-4,11-12,14-15H2,1-2H3,(H,23,26). The van der Waals surface area contributed by atoms with Gasteiger partial charge in [0.25, 0.3) is 0 Å². The van der Waals surface area contributed by atoms with E-state index < -0.39 is 10.0 Å². The summed E-state index contributed by atoms with van der Waals surface area (Å²) in [6.45, 7) is 5.38. The molecule has 3 rings (SSSR count). The number of fused-ring (bicyclic) bond motifs is 1. The summed E-state index contributed by atoms with van der Waals surface area (Å²) in [6, 6.07) is 11.4. The van der Waals surface area contributed by atoms with Gasteiger partial charge < -0.3 is 10.2 Å². The van der Waals surface area contributed by atoms with E-state index in [9.17, 15) is 17.6 Å². The Balaban J connectivity index is 1.67. The van der Waals surface area contributed by atoms with Gasteiger partial charge in [-0.1, -0.05) is 32.0 Å². The van der Waals surface area contributed by atoms with Crippen LogP contribution in [-0.2, 0) is 27.8 Å². The molecular weight excluding hydrogens is 393 g/mol. The van der Waals surface area contributed by atoms with E-state index in [2.05, 4.69) is 5.32 Å². The fourth-order valence-corrected chi connectivity index (χ4v) is 5.06. The summed E-state index contributed by atoms with van der Waals surface area (Å²) in [6.07, 6.45) is 0.678. The zero-order valence-electron chi connectivity index (χ0n) is 16.7. The predicted molar refractivity (Wildman–Crippen MR) is 111 cm³/mol. The average Bonchev–Trinajstić information content (AvgIpc) is 3.10. The van der Waals surface area contributed by atoms with Crippen LogP contribution in [0.25, 0.3) is 0 Å². The van der Waals surface area contributed by atoms with Crippen molar-refractivity contribution in [1.29, 1.82) is 0 Å². The molecule has 0 fully saturated rings. The van der Waals surface area contributed by atoms with Crippen LogP contribution in [0.3, 0.4) is 0 Å². The minimum Gasteiger partial charge on any atom is -0.362 e. The number of sulfonamides is 1. The van der Waals surface area contributed by atoms with Gasteiger partial charge in [0, 0.05) is 37.4 Å². The van der Waals surface area contributed by atoms with Crippen molar-refractivity contribution < 1.29 is 17.6 Å². The first-order valence-electron chi connectivity index (χ1n) is 9.75.